The lowest BCUT2D eigenvalue weighted by Gasteiger charge is -2.31. The molecule has 0 radical (unpaired) electrons. The van der Waals surface area contributed by atoms with Crippen LogP contribution >= 0.6 is 24.8 Å². The highest BCUT2D eigenvalue weighted by molar-refractivity contribution is 5.85. The molecule has 1 rings (SSSR count). The molecule has 0 bridgehead atoms. The minimum absolute atomic E-state index is 0. The van der Waals surface area contributed by atoms with Gasteiger partial charge in [-0.3, -0.25) is 9.69 Å². The highest BCUT2D eigenvalue weighted by Gasteiger charge is 2.19. The minimum atomic E-state index is 0. The lowest BCUT2D eigenvalue weighted by atomic mass is 10.0. The Bertz CT molecular complexity index is 294. The van der Waals surface area contributed by atoms with Gasteiger partial charge in [-0.1, -0.05) is 27.7 Å². The topological polar surface area (TPSA) is 44.4 Å². The molecule has 0 aliphatic carbocycles. The van der Waals surface area contributed by atoms with Crippen LogP contribution in [0.2, 0.25) is 0 Å². The Morgan fingerprint density at radius 1 is 1.26 bits per heavy atom. The van der Waals surface area contributed by atoms with Gasteiger partial charge in [0.2, 0.25) is 5.91 Å². The van der Waals surface area contributed by atoms with E-state index in [0.29, 0.717) is 24.3 Å². The molecular formula is C17H37Cl2N3O. The van der Waals surface area contributed by atoms with Crippen LogP contribution in [0.15, 0.2) is 0 Å². The summed E-state index contributed by atoms with van der Waals surface area (Å²) in [5.41, 5.74) is 0. The van der Waals surface area contributed by atoms with Crippen molar-refractivity contribution in [2.24, 2.45) is 11.8 Å². The molecule has 0 spiro atoms. The van der Waals surface area contributed by atoms with E-state index in [2.05, 4.69) is 43.2 Å². The predicted molar refractivity (Wildman–Crippen MR) is 104 cm³/mol. The summed E-state index contributed by atoms with van der Waals surface area (Å²) in [6.45, 7) is 14.0. The highest BCUT2D eigenvalue weighted by Crippen LogP contribution is 2.14. The highest BCUT2D eigenvalue weighted by atomic mass is 35.5. The molecule has 0 aromatic carbocycles. The van der Waals surface area contributed by atoms with Crippen LogP contribution in [-0.2, 0) is 4.79 Å². The number of carbonyl (C=O) groups excluding carboxylic acids is 1. The fourth-order valence-corrected chi connectivity index (χ4v) is 3.26. The second-order valence-corrected chi connectivity index (χ2v) is 6.71. The lowest BCUT2D eigenvalue weighted by Crippen LogP contribution is -2.44. The van der Waals surface area contributed by atoms with Crippen molar-refractivity contribution in [1.29, 1.82) is 0 Å². The largest absolute Gasteiger partial charge is 0.355 e. The van der Waals surface area contributed by atoms with Gasteiger partial charge in [0.25, 0.3) is 0 Å². The summed E-state index contributed by atoms with van der Waals surface area (Å²) < 4.78 is 0. The van der Waals surface area contributed by atoms with Gasteiger partial charge in [-0.15, -0.1) is 24.8 Å². The molecule has 0 saturated carbocycles. The first kappa shape index (κ1) is 25.2. The molecule has 0 aromatic heterocycles. The van der Waals surface area contributed by atoms with Crippen molar-refractivity contribution in [2.45, 2.75) is 59.4 Å². The summed E-state index contributed by atoms with van der Waals surface area (Å²) >= 11 is 0. The molecule has 1 aliphatic rings. The van der Waals surface area contributed by atoms with E-state index in [0.717, 1.165) is 45.6 Å². The fourth-order valence-electron chi connectivity index (χ4n) is 3.26. The van der Waals surface area contributed by atoms with E-state index >= 15 is 0 Å². The normalized spacial score (nSPS) is 18.4. The van der Waals surface area contributed by atoms with E-state index in [1.165, 1.54) is 6.42 Å². The quantitative estimate of drug-likeness (QED) is 0.621. The molecule has 2 N–H and O–H groups in total. The smallest absolute Gasteiger partial charge is 0.220 e. The van der Waals surface area contributed by atoms with Crippen LogP contribution in [0.5, 0.6) is 0 Å². The van der Waals surface area contributed by atoms with Crippen molar-refractivity contribution in [3.63, 3.8) is 0 Å². The molecule has 6 heteroatoms. The zero-order valence-electron chi connectivity index (χ0n) is 15.3. The third kappa shape index (κ3) is 10.4. The first-order chi connectivity index (χ1) is 10.1. The molecule has 140 valence electrons. The molecule has 2 atom stereocenters. The number of amides is 1. The molecule has 0 aromatic rings. The average Bonchev–Trinajstić information content (AvgIpc) is 2.96. The Labute approximate surface area is 155 Å². The first-order valence-corrected chi connectivity index (χ1v) is 8.78. The Hall–Kier alpha value is -0.0300. The van der Waals surface area contributed by atoms with Gasteiger partial charge in [0.1, 0.15) is 0 Å². The third-order valence-corrected chi connectivity index (χ3v) is 4.55. The van der Waals surface area contributed by atoms with Crippen LogP contribution in [0.4, 0.5) is 0 Å². The summed E-state index contributed by atoms with van der Waals surface area (Å²) in [6.07, 6.45) is 4.08. The third-order valence-electron chi connectivity index (χ3n) is 4.55. The number of likely N-dealkylation sites (N-methyl/N-ethyl adjacent to an activating group) is 1. The van der Waals surface area contributed by atoms with Gasteiger partial charge >= 0.3 is 0 Å². The molecule has 1 fully saturated rings. The summed E-state index contributed by atoms with van der Waals surface area (Å²) in [5.74, 6) is 1.59. The van der Waals surface area contributed by atoms with Crippen molar-refractivity contribution in [3.05, 3.63) is 0 Å². The summed E-state index contributed by atoms with van der Waals surface area (Å²) in [5, 5.41) is 6.52. The Kier molecular flexibility index (Phi) is 15.7. The SMILES string of the molecule is CCN(CC)C(CNC(=O)CCC1CCNC1)CC(C)C.Cl.Cl. The van der Waals surface area contributed by atoms with Crippen LogP contribution in [0, 0.1) is 11.8 Å². The maximum Gasteiger partial charge on any atom is 0.220 e. The van der Waals surface area contributed by atoms with Crippen LogP contribution in [-0.4, -0.2) is 49.6 Å². The number of hydrogen-bond acceptors (Lipinski definition) is 3. The molecule has 1 aliphatic heterocycles. The second kappa shape index (κ2) is 14.3. The molecule has 1 amide bonds. The second-order valence-electron chi connectivity index (χ2n) is 6.71. The molecule has 23 heavy (non-hydrogen) atoms. The van der Waals surface area contributed by atoms with Crippen molar-refractivity contribution in [3.8, 4) is 0 Å². The number of nitrogens with zero attached hydrogens (tertiary/aromatic N) is 1. The number of halogens is 2. The molecule has 1 saturated heterocycles. The fraction of sp³-hybridized carbons (Fsp3) is 0.941. The monoisotopic (exact) mass is 369 g/mol. The maximum absolute atomic E-state index is 12.0. The maximum atomic E-state index is 12.0. The van der Waals surface area contributed by atoms with Gasteiger partial charge in [0.05, 0.1) is 0 Å². The van der Waals surface area contributed by atoms with Gasteiger partial charge in [-0.05, 0) is 57.3 Å². The van der Waals surface area contributed by atoms with E-state index in [1.54, 1.807) is 0 Å². The van der Waals surface area contributed by atoms with Crippen LogP contribution in [0.25, 0.3) is 0 Å². The predicted octanol–water partition coefficient (Wildman–Crippen LogP) is 3.09. The van der Waals surface area contributed by atoms with Crippen LogP contribution < -0.4 is 10.6 Å². The summed E-state index contributed by atoms with van der Waals surface area (Å²) in [4.78, 5) is 14.5. The van der Waals surface area contributed by atoms with E-state index in [1.807, 2.05) is 0 Å². The van der Waals surface area contributed by atoms with E-state index in [9.17, 15) is 4.79 Å². The van der Waals surface area contributed by atoms with Crippen molar-refractivity contribution >= 4 is 30.7 Å². The van der Waals surface area contributed by atoms with Gasteiger partial charge in [-0.2, -0.15) is 0 Å². The Balaban J connectivity index is 0. The zero-order chi connectivity index (χ0) is 15.7. The minimum Gasteiger partial charge on any atom is -0.355 e. The number of carbonyl (C=O) groups is 1. The number of hydrogen-bond donors (Lipinski definition) is 2. The van der Waals surface area contributed by atoms with Crippen LogP contribution in [0.1, 0.15) is 53.4 Å². The first-order valence-electron chi connectivity index (χ1n) is 8.78. The van der Waals surface area contributed by atoms with Gasteiger partial charge in [0.15, 0.2) is 0 Å². The molecular weight excluding hydrogens is 333 g/mol. The molecule has 2 unspecified atom stereocenters. The summed E-state index contributed by atoms with van der Waals surface area (Å²) in [7, 11) is 0. The van der Waals surface area contributed by atoms with E-state index in [-0.39, 0.29) is 30.7 Å². The van der Waals surface area contributed by atoms with Gasteiger partial charge in [-0.25, -0.2) is 0 Å². The number of nitrogens with one attached hydrogen (secondary N) is 2. The average molecular weight is 370 g/mol. The standard InChI is InChI=1S/C17H35N3O.2ClH/c1-5-20(6-2)16(11-14(3)4)13-19-17(21)8-7-15-9-10-18-12-15;;/h14-16,18H,5-13H2,1-4H3,(H,19,21);2*1H. The van der Waals surface area contributed by atoms with Crippen molar-refractivity contribution in [1.82, 2.24) is 15.5 Å². The zero-order valence-corrected chi connectivity index (χ0v) is 16.9. The van der Waals surface area contributed by atoms with Gasteiger partial charge < -0.3 is 10.6 Å². The van der Waals surface area contributed by atoms with Gasteiger partial charge in [0, 0.05) is 19.0 Å². The Morgan fingerprint density at radius 2 is 1.91 bits per heavy atom. The molecule has 4 nitrogen and oxygen atoms in total. The molecule has 1 heterocycles. The van der Waals surface area contributed by atoms with E-state index < -0.39 is 0 Å². The Morgan fingerprint density at radius 3 is 2.39 bits per heavy atom. The summed E-state index contributed by atoms with van der Waals surface area (Å²) in [6, 6.07) is 0.470. The van der Waals surface area contributed by atoms with E-state index in [4.69, 9.17) is 0 Å². The van der Waals surface area contributed by atoms with Crippen molar-refractivity contribution in [2.75, 3.05) is 32.7 Å². The van der Waals surface area contributed by atoms with Crippen molar-refractivity contribution < 1.29 is 4.79 Å². The number of rotatable bonds is 10. The lowest BCUT2D eigenvalue weighted by molar-refractivity contribution is -0.121. The van der Waals surface area contributed by atoms with Crippen LogP contribution in [0.3, 0.4) is 0 Å².